The summed E-state index contributed by atoms with van der Waals surface area (Å²) in [7, 11) is 0. The van der Waals surface area contributed by atoms with Crippen molar-refractivity contribution in [3.8, 4) is 0 Å². The molecule has 0 saturated carbocycles. The number of fused-ring (bicyclic) bond motifs is 1. The summed E-state index contributed by atoms with van der Waals surface area (Å²) in [6, 6.07) is 5.58. The van der Waals surface area contributed by atoms with Gasteiger partial charge in [-0.15, -0.1) is 0 Å². The molecule has 0 radical (unpaired) electrons. The van der Waals surface area contributed by atoms with Gasteiger partial charge in [-0.1, -0.05) is 11.6 Å². The zero-order chi connectivity index (χ0) is 14.0. The van der Waals surface area contributed by atoms with Gasteiger partial charge >= 0.3 is 6.09 Å². The molecule has 0 fully saturated rings. The highest BCUT2D eigenvalue weighted by atomic mass is 35.5. The van der Waals surface area contributed by atoms with Crippen molar-refractivity contribution in [2.75, 3.05) is 11.9 Å². The highest BCUT2D eigenvalue weighted by molar-refractivity contribution is 6.30. The lowest BCUT2D eigenvalue weighted by atomic mass is 9.98. The van der Waals surface area contributed by atoms with Crippen LogP contribution in [0.3, 0.4) is 0 Å². The Bertz CT molecular complexity index is 483. The molecule has 1 aliphatic heterocycles. The second kappa shape index (κ2) is 5.29. The quantitative estimate of drug-likeness (QED) is 0.825. The van der Waals surface area contributed by atoms with Gasteiger partial charge in [0.15, 0.2) is 0 Å². The molecule has 1 aliphatic rings. The van der Waals surface area contributed by atoms with Crippen molar-refractivity contribution in [1.82, 2.24) is 5.32 Å². The molecule has 1 heterocycles. The first-order valence-corrected chi connectivity index (χ1v) is 6.76. The minimum absolute atomic E-state index is 0.0650. The highest BCUT2D eigenvalue weighted by Crippen LogP contribution is 2.32. The number of halogens is 1. The lowest BCUT2D eigenvalue weighted by Gasteiger charge is -2.29. The third-order valence-corrected chi connectivity index (χ3v) is 3.06. The molecule has 0 spiro atoms. The molecule has 0 unspecified atom stereocenters. The third-order valence-electron chi connectivity index (χ3n) is 2.83. The Labute approximate surface area is 118 Å². The molecule has 0 saturated heterocycles. The van der Waals surface area contributed by atoms with Crippen LogP contribution in [0.15, 0.2) is 18.2 Å². The first-order chi connectivity index (χ1) is 8.85. The van der Waals surface area contributed by atoms with Crippen molar-refractivity contribution in [3.05, 3.63) is 28.8 Å². The largest absolute Gasteiger partial charge is 0.444 e. The van der Waals surface area contributed by atoms with E-state index < -0.39 is 11.7 Å². The topological polar surface area (TPSA) is 50.4 Å². The zero-order valence-corrected chi connectivity index (χ0v) is 12.2. The number of amides is 1. The third kappa shape index (κ3) is 3.77. The van der Waals surface area contributed by atoms with Crippen LogP contribution in [0.5, 0.6) is 0 Å². The number of nitrogens with one attached hydrogen (secondary N) is 2. The van der Waals surface area contributed by atoms with Crippen LogP contribution in [0.25, 0.3) is 0 Å². The molecule has 2 N–H and O–H groups in total. The molecule has 2 rings (SSSR count). The maximum Gasteiger partial charge on any atom is 0.408 e. The van der Waals surface area contributed by atoms with Crippen LogP contribution in [0, 0.1) is 0 Å². The summed E-state index contributed by atoms with van der Waals surface area (Å²) in [5.41, 5.74) is 1.52. The van der Waals surface area contributed by atoms with Crippen LogP contribution in [0.2, 0.25) is 5.02 Å². The summed E-state index contributed by atoms with van der Waals surface area (Å²) >= 11 is 6.01. The Balaban J connectivity index is 2.11. The number of carbonyl (C=O) groups is 1. The van der Waals surface area contributed by atoms with E-state index in [-0.39, 0.29) is 6.04 Å². The summed E-state index contributed by atoms with van der Waals surface area (Å²) in [6.45, 7) is 6.36. The van der Waals surface area contributed by atoms with E-state index in [1.807, 2.05) is 39.0 Å². The molecule has 1 aromatic carbocycles. The summed E-state index contributed by atoms with van der Waals surface area (Å²) in [4.78, 5) is 11.8. The number of hydrogen-bond acceptors (Lipinski definition) is 3. The molecular formula is C14H19ClN2O2. The molecule has 0 aliphatic carbocycles. The van der Waals surface area contributed by atoms with Gasteiger partial charge in [0.05, 0.1) is 6.04 Å². The van der Waals surface area contributed by atoms with E-state index in [0.717, 1.165) is 24.2 Å². The molecule has 1 amide bonds. The van der Waals surface area contributed by atoms with Gasteiger partial charge < -0.3 is 15.4 Å². The molecule has 104 valence electrons. The number of hydrogen-bond donors (Lipinski definition) is 2. The Morgan fingerprint density at radius 3 is 2.89 bits per heavy atom. The molecule has 0 aromatic heterocycles. The maximum atomic E-state index is 11.8. The predicted molar refractivity (Wildman–Crippen MR) is 76.7 cm³/mol. The minimum atomic E-state index is -0.492. The number of alkyl carbamates (subject to hydrolysis) is 1. The van der Waals surface area contributed by atoms with Gasteiger partial charge in [0.2, 0.25) is 0 Å². The van der Waals surface area contributed by atoms with Crippen LogP contribution in [-0.4, -0.2) is 18.2 Å². The molecule has 1 aromatic rings. The fraction of sp³-hybridized carbons (Fsp3) is 0.500. The predicted octanol–water partition coefficient (Wildman–Crippen LogP) is 3.72. The first kappa shape index (κ1) is 14.0. The number of benzene rings is 1. The SMILES string of the molecule is CC(C)(C)OC(=O)N[C@@H]1CCNc2ccc(Cl)cc21. The van der Waals surface area contributed by atoms with Crippen molar-refractivity contribution < 1.29 is 9.53 Å². The molecule has 5 heteroatoms. The van der Waals surface area contributed by atoms with Crippen molar-refractivity contribution >= 4 is 23.4 Å². The number of ether oxygens (including phenoxy) is 1. The van der Waals surface area contributed by atoms with Gasteiger partial charge in [-0.3, -0.25) is 0 Å². The van der Waals surface area contributed by atoms with Crippen LogP contribution in [0.4, 0.5) is 10.5 Å². The first-order valence-electron chi connectivity index (χ1n) is 6.38. The molecule has 1 atom stereocenters. The van der Waals surface area contributed by atoms with Gasteiger partial charge in [0, 0.05) is 17.3 Å². The van der Waals surface area contributed by atoms with E-state index in [2.05, 4.69) is 10.6 Å². The molecular weight excluding hydrogens is 264 g/mol. The molecule has 0 bridgehead atoms. The van der Waals surface area contributed by atoms with E-state index in [1.54, 1.807) is 0 Å². The molecule has 19 heavy (non-hydrogen) atoms. The summed E-state index contributed by atoms with van der Waals surface area (Å²) < 4.78 is 5.28. The van der Waals surface area contributed by atoms with Crippen molar-refractivity contribution in [1.29, 1.82) is 0 Å². The Morgan fingerprint density at radius 2 is 2.21 bits per heavy atom. The average molecular weight is 283 g/mol. The smallest absolute Gasteiger partial charge is 0.408 e. The Hall–Kier alpha value is -1.42. The van der Waals surface area contributed by atoms with Crippen molar-refractivity contribution in [2.45, 2.75) is 38.8 Å². The Kier molecular flexibility index (Phi) is 3.90. The monoisotopic (exact) mass is 282 g/mol. The number of rotatable bonds is 1. The van der Waals surface area contributed by atoms with E-state index in [4.69, 9.17) is 16.3 Å². The summed E-state index contributed by atoms with van der Waals surface area (Å²) in [6.07, 6.45) is 0.414. The maximum absolute atomic E-state index is 11.8. The average Bonchev–Trinajstić information content (AvgIpc) is 2.27. The number of carbonyl (C=O) groups excluding carboxylic acids is 1. The van der Waals surface area contributed by atoms with Gasteiger partial charge in [-0.05, 0) is 51.0 Å². The fourth-order valence-corrected chi connectivity index (χ4v) is 2.27. The van der Waals surface area contributed by atoms with Crippen molar-refractivity contribution in [3.63, 3.8) is 0 Å². The van der Waals surface area contributed by atoms with Gasteiger partial charge in [0.1, 0.15) is 5.60 Å². The van der Waals surface area contributed by atoms with Crippen LogP contribution < -0.4 is 10.6 Å². The van der Waals surface area contributed by atoms with E-state index in [0.29, 0.717) is 5.02 Å². The van der Waals surface area contributed by atoms with Crippen molar-refractivity contribution in [2.24, 2.45) is 0 Å². The second-order valence-corrected chi connectivity index (χ2v) is 6.08. The highest BCUT2D eigenvalue weighted by Gasteiger charge is 2.24. The lowest BCUT2D eigenvalue weighted by Crippen LogP contribution is -2.37. The van der Waals surface area contributed by atoms with E-state index in [9.17, 15) is 4.79 Å². The lowest BCUT2D eigenvalue weighted by molar-refractivity contribution is 0.0501. The van der Waals surface area contributed by atoms with Gasteiger partial charge in [-0.2, -0.15) is 0 Å². The van der Waals surface area contributed by atoms with Gasteiger partial charge in [-0.25, -0.2) is 4.79 Å². The minimum Gasteiger partial charge on any atom is -0.444 e. The van der Waals surface area contributed by atoms with Crippen LogP contribution in [0.1, 0.15) is 38.8 Å². The fourth-order valence-electron chi connectivity index (χ4n) is 2.09. The standard InChI is InChI=1S/C14H19ClN2O2/c1-14(2,3)19-13(18)17-12-6-7-16-11-5-4-9(15)8-10(11)12/h4-5,8,12,16H,6-7H2,1-3H3,(H,17,18)/t12-/m1/s1. The second-order valence-electron chi connectivity index (χ2n) is 5.65. The van der Waals surface area contributed by atoms with Crippen LogP contribution >= 0.6 is 11.6 Å². The van der Waals surface area contributed by atoms with Gasteiger partial charge in [0.25, 0.3) is 0 Å². The van der Waals surface area contributed by atoms with E-state index >= 15 is 0 Å². The van der Waals surface area contributed by atoms with Crippen LogP contribution in [-0.2, 0) is 4.74 Å². The zero-order valence-electron chi connectivity index (χ0n) is 11.4. The normalized spacial score (nSPS) is 18.2. The number of anilines is 1. The summed E-state index contributed by atoms with van der Waals surface area (Å²) in [5.74, 6) is 0. The Morgan fingerprint density at radius 1 is 1.47 bits per heavy atom. The van der Waals surface area contributed by atoms with E-state index in [1.165, 1.54) is 0 Å². The molecule has 4 nitrogen and oxygen atoms in total. The summed E-state index contributed by atoms with van der Waals surface area (Å²) in [5, 5.41) is 6.85.